The average Bonchev–Trinajstić information content (AvgIpc) is 2.68. The van der Waals surface area contributed by atoms with Gasteiger partial charge in [0.05, 0.1) is 15.4 Å². The third-order valence-electron chi connectivity index (χ3n) is 4.32. The highest BCUT2D eigenvalue weighted by molar-refractivity contribution is 9.10. The van der Waals surface area contributed by atoms with Gasteiger partial charge in [0.25, 0.3) is 11.6 Å². The molecule has 0 aromatic heterocycles. The van der Waals surface area contributed by atoms with Crippen LogP contribution in [0.15, 0.2) is 57.9 Å². The molecule has 0 bridgehead atoms. The predicted molar refractivity (Wildman–Crippen MR) is 102 cm³/mol. The summed E-state index contributed by atoms with van der Waals surface area (Å²) in [5, 5.41) is 10.7. The van der Waals surface area contributed by atoms with Crippen LogP contribution in [-0.2, 0) is 10.0 Å². The molecule has 0 N–H and O–H groups in total. The van der Waals surface area contributed by atoms with Crippen molar-refractivity contribution in [2.24, 2.45) is 0 Å². The number of piperazine rings is 1. The molecular weight excluding hydrogens is 438 g/mol. The second kappa shape index (κ2) is 7.75. The summed E-state index contributed by atoms with van der Waals surface area (Å²) in [6.07, 6.45) is 0. The van der Waals surface area contributed by atoms with Crippen molar-refractivity contribution in [3.05, 3.63) is 68.7 Å². The number of carbonyl (C=O) groups excluding carboxylic acids is 1. The minimum atomic E-state index is -3.76. The number of nitro benzene ring substituents is 1. The SMILES string of the molecule is O=C(c1ccccc1Br)N1CCN(S(=O)(=O)c2ccc([N+](=O)[O-])cc2)CC1. The van der Waals surface area contributed by atoms with Crippen LogP contribution < -0.4 is 0 Å². The van der Waals surface area contributed by atoms with Gasteiger partial charge in [0.2, 0.25) is 10.0 Å². The van der Waals surface area contributed by atoms with E-state index in [-0.39, 0.29) is 42.7 Å². The number of carbonyl (C=O) groups is 1. The number of halogens is 1. The number of nitrogens with zero attached hydrogens (tertiary/aromatic N) is 3. The van der Waals surface area contributed by atoms with Gasteiger partial charge in [-0.05, 0) is 40.2 Å². The zero-order chi connectivity index (χ0) is 19.6. The lowest BCUT2D eigenvalue weighted by molar-refractivity contribution is -0.384. The summed E-state index contributed by atoms with van der Waals surface area (Å²) in [6.45, 7) is 0.865. The van der Waals surface area contributed by atoms with E-state index in [1.807, 2.05) is 6.07 Å². The van der Waals surface area contributed by atoms with E-state index in [0.29, 0.717) is 10.0 Å². The molecule has 1 aliphatic heterocycles. The minimum Gasteiger partial charge on any atom is -0.336 e. The molecule has 1 aliphatic rings. The van der Waals surface area contributed by atoms with Crippen LogP contribution in [0.3, 0.4) is 0 Å². The monoisotopic (exact) mass is 453 g/mol. The first-order valence-corrected chi connectivity index (χ1v) is 10.3. The van der Waals surface area contributed by atoms with Crippen LogP contribution in [0.2, 0.25) is 0 Å². The molecule has 1 amide bonds. The lowest BCUT2D eigenvalue weighted by Gasteiger charge is -2.34. The van der Waals surface area contributed by atoms with Gasteiger partial charge in [-0.15, -0.1) is 0 Å². The smallest absolute Gasteiger partial charge is 0.269 e. The Hall–Kier alpha value is -2.30. The Balaban J connectivity index is 1.70. The van der Waals surface area contributed by atoms with Gasteiger partial charge in [0.15, 0.2) is 0 Å². The third-order valence-corrected chi connectivity index (χ3v) is 6.92. The molecule has 1 heterocycles. The second-order valence-corrected chi connectivity index (χ2v) is 8.72. The molecule has 0 spiro atoms. The van der Waals surface area contributed by atoms with E-state index >= 15 is 0 Å². The number of rotatable bonds is 4. The molecule has 0 radical (unpaired) electrons. The highest BCUT2D eigenvalue weighted by Crippen LogP contribution is 2.22. The zero-order valence-electron chi connectivity index (χ0n) is 14.1. The van der Waals surface area contributed by atoms with Crippen LogP contribution in [0.1, 0.15) is 10.4 Å². The Morgan fingerprint density at radius 1 is 1.00 bits per heavy atom. The quantitative estimate of drug-likeness (QED) is 0.522. The van der Waals surface area contributed by atoms with Crippen molar-refractivity contribution in [1.82, 2.24) is 9.21 Å². The fourth-order valence-corrected chi connectivity index (χ4v) is 4.70. The van der Waals surface area contributed by atoms with Crippen molar-refractivity contribution >= 4 is 37.5 Å². The van der Waals surface area contributed by atoms with E-state index in [2.05, 4.69) is 15.9 Å². The Morgan fingerprint density at radius 3 is 2.15 bits per heavy atom. The fraction of sp³-hybridized carbons (Fsp3) is 0.235. The Labute approximate surface area is 164 Å². The lowest BCUT2D eigenvalue weighted by Crippen LogP contribution is -2.50. The zero-order valence-corrected chi connectivity index (χ0v) is 16.5. The maximum atomic E-state index is 12.7. The van der Waals surface area contributed by atoms with E-state index in [9.17, 15) is 23.3 Å². The summed E-state index contributed by atoms with van der Waals surface area (Å²) in [7, 11) is -3.76. The summed E-state index contributed by atoms with van der Waals surface area (Å²) < 4.78 is 27.4. The molecule has 1 saturated heterocycles. The highest BCUT2D eigenvalue weighted by atomic mass is 79.9. The Morgan fingerprint density at radius 2 is 1.59 bits per heavy atom. The number of benzene rings is 2. The van der Waals surface area contributed by atoms with Crippen LogP contribution in [0.5, 0.6) is 0 Å². The van der Waals surface area contributed by atoms with E-state index in [4.69, 9.17) is 0 Å². The summed E-state index contributed by atoms with van der Waals surface area (Å²) in [4.78, 5) is 24.4. The molecule has 0 unspecified atom stereocenters. The van der Waals surface area contributed by atoms with Gasteiger partial charge in [0, 0.05) is 42.8 Å². The van der Waals surface area contributed by atoms with Crippen LogP contribution in [0.4, 0.5) is 5.69 Å². The molecule has 8 nitrogen and oxygen atoms in total. The first-order valence-electron chi connectivity index (χ1n) is 8.09. The van der Waals surface area contributed by atoms with Crippen molar-refractivity contribution in [3.63, 3.8) is 0 Å². The molecule has 0 aliphatic carbocycles. The van der Waals surface area contributed by atoms with Gasteiger partial charge in [-0.3, -0.25) is 14.9 Å². The minimum absolute atomic E-state index is 0.00122. The first kappa shape index (κ1) is 19.5. The number of non-ortho nitro benzene ring substituents is 1. The standard InChI is InChI=1S/C17H16BrN3O5S/c18-16-4-2-1-3-15(16)17(22)19-9-11-20(12-10-19)27(25,26)14-7-5-13(6-8-14)21(23)24/h1-8H,9-12H2. The van der Waals surface area contributed by atoms with E-state index in [1.165, 1.54) is 28.6 Å². The largest absolute Gasteiger partial charge is 0.336 e. The summed E-state index contributed by atoms with van der Waals surface area (Å²) in [6, 6.07) is 11.9. The predicted octanol–water partition coefficient (Wildman–Crippen LogP) is 2.50. The molecule has 10 heteroatoms. The third kappa shape index (κ3) is 4.02. The molecule has 2 aromatic rings. The number of hydrogen-bond donors (Lipinski definition) is 0. The van der Waals surface area contributed by atoms with Crippen molar-refractivity contribution < 1.29 is 18.1 Å². The normalized spacial score (nSPS) is 15.5. The van der Waals surface area contributed by atoms with Crippen LogP contribution in [0, 0.1) is 10.1 Å². The lowest BCUT2D eigenvalue weighted by atomic mass is 10.2. The molecule has 1 fully saturated rings. The Bertz CT molecular complexity index is 970. The van der Waals surface area contributed by atoms with Crippen LogP contribution >= 0.6 is 15.9 Å². The van der Waals surface area contributed by atoms with Crippen molar-refractivity contribution in [2.75, 3.05) is 26.2 Å². The highest BCUT2D eigenvalue weighted by Gasteiger charge is 2.31. The maximum Gasteiger partial charge on any atom is 0.269 e. The molecule has 0 atom stereocenters. The number of sulfonamides is 1. The number of nitro groups is 1. The van der Waals surface area contributed by atoms with Gasteiger partial charge in [-0.25, -0.2) is 8.42 Å². The molecular formula is C17H16BrN3O5S. The van der Waals surface area contributed by atoms with Gasteiger partial charge in [-0.1, -0.05) is 12.1 Å². The van der Waals surface area contributed by atoms with Crippen LogP contribution in [0.25, 0.3) is 0 Å². The van der Waals surface area contributed by atoms with Gasteiger partial charge < -0.3 is 4.90 Å². The van der Waals surface area contributed by atoms with Crippen LogP contribution in [-0.4, -0.2) is 54.6 Å². The second-order valence-electron chi connectivity index (χ2n) is 5.93. The van der Waals surface area contributed by atoms with Crippen molar-refractivity contribution in [1.29, 1.82) is 0 Å². The summed E-state index contributed by atoms with van der Waals surface area (Å²) >= 11 is 3.35. The fourth-order valence-electron chi connectivity index (χ4n) is 2.83. The van der Waals surface area contributed by atoms with Crippen molar-refractivity contribution in [3.8, 4) is 0 Å². The van der Waals surface area contributed by atoms with E-state index in [0.717, 1.165) is 0 Å². The summed E-state index contributed by atoms with van der Waals surface area (Å²) in [5.74, 6) is -0.158. The van der Waals surface area contributed by atoms with Gasteiger partial charge in [0.1, 0.15) is 0 Å². The maximum absolute atomic E-state index is 12.7. The Kier molecular flexibility index (Phi) is 5.59. The average molecular weight is 454 g/mol. The number of hydrogen-bond acceptors (Lipinski definition) is 5. The van der Waals surface area contributed by atoms with E-state index in [1.54, 1.807) is 23.1 Å². The molecule has 27 heavy (non-hydrogen) atoms. The van der Waals surface area contributed by atoms with Gasteiger partial charge >= 0.3 is 0 Å². The topological polar surface area (TPSA) is 101 Å². The molecule has 0 saturated carbocycles. The molecule has 142 valence electrons. The molecule has 3 rings (SSSR count). The first-order chi connectivity index (χ1) is 12.8. The van der Waals surface area contributed by atoms with Crippen molar-refractivity contribution in [2.45, 2.75) is 4.90 Å². The summed E-state index contributed by atoms with van der Waals surface area (Å²) in [5.41, 5.74) is 0.363. The van der Waals surface area contributed by atoms with Gasteiger partial charge in [-0.2, -0.15) is 4.31 Å². The molecule has 2 aromatic carbocycles. The van der Waals surface area contributed by atoms with E-state index < -0.39 is 14.9 Å². The number of amides is 1.